The largest absolute Gasteiger partial charge is 0.492 e. The summed E-state index contributed by atoms with van der Waals surface area (Å²) in [4.78, 5) is 25.1. The van der Waals surface area contributed by atoms with Gasteiger partial charge in [-0.3, -0.25) is 4.79 Å². The Morgan fingerprint density at radius 1 is 1.35 bits per heavy atom. The van der Waals surface area contributed by atoms with Crippen LogP contribution in [0.15, 0.2) is 16.6 Å². The van der Waals surface area contributed by atoms with Crippen molar-refractivity contribution >= 4 is 43.8 Å². The van der Waals surface area contributed by atoms with Crippen LogP contribution in [0.25, 0.3) is 0 Å². The minimum absolute atomic E-state index is 0.0238. The Hall–Kier alpha value is -1.74. The molecule has 0 saturated carbocycles. The van der Waals surface area contributed by atoms with E-state index in [2.05, 4.69) is 31.9 Å². The Kier molecular flexibility index (Phi) is 4.18. The first-order valence-electron chi connectivity index (χ1n) is 7.77. The molecule has 138 valence electrons. The van der Waals surface area contributed by atoms with Gasteiger partial charge in [0.25, 0.3) is 0 Å². The predicted molar refractivity (Wildman–Crippen MR) is 96.4 cm³/mol. The predicted octanol–water partition coefficient (Wildman–Crippen LogP) is 3.04. The Balaban J connectivity index is 1.95. The molecule has 0 spiro atoms. The molecule has 0 radical (unpaired) electrons. The number of methoxy groups -OCH3 is 2. The van der Waals surface area contributed by atoms with Gasteiger partial charge in [-0.25, -0.2) is 4.79 Å². The summed E-state index contributed by atoms with van der Waals surface area (Å²) in [6, 6.07) is 1.71. The number of hydrogen-bond donors (Lipinski definition) is 0. The maximum absolute atomic E-state index is 12.6. The summed E-state index contributed by atoms with van der Waals surface area (Å²) in [7, 11) is 2.73. The molecule has 1 fully saturated rings. The van der Waals surface area contributed by atoms with Gasteiger partial charge in [0.2, 0.25) is 12.5 Å². The molecule has 5 rings (SSSR count). The van der Waals surface area contributed by atoms with Crippen LogP contribution in [0.5, 0.6) is 17.2 Å². The summed E-state index contributed by atoms with van der Waals surface area (Å²) in [5.41, 5.74) is 0.792. The van der Waals surface area contributed by atoms with Gasteiger partial charge in [0.05, 0.1) is 14.2 Å². The molecule has 0 unspecified atom stereocenters. The van der Waals surface area contributed by atoms with E-state index in [0.717, 1.165) is 4.48 Å². The molecule has 3 aliphatic heterocycles. The lowest BCUT2D eigenvalue weighted by Crippen LogP contribution is -2.51. The van der Waals surface area contributed by atoms with Gasteiger partial charge >= 0.3 is 11.9 Å². The summed E-state index contributed by atoms with van der Waals surface area (Å²) >= 11 is 6.97. The second kappa shape index (κ2) is 6.16. The zero-order valence-electron chi connectivity index (χ0n) is 13.8. The van der Waals surface area contributed by atoms with Gasteiger partial charge in [-0.15, -0.1) is 0 Å². The van der Waals surface area contributed by atoms with Crippen molar-refractivity contribution in [1.82, 2.24) is 0 Å². The standard InChI is InChI=1S/C17H14Br2O7/c1-22-14-12(15(20)23-2)7(3-11-13(14)25-6-24-11)8-4-10-9(18)5-17(8,19)16(21)26-10/h3,5,8,10H,4,6H2,1-2H3/t8-,10-,17+/m1/s1. The topological polar surface area (TPSA) is 80.3 Å². The minimum atomic E-state index is -1.11. The number of fused-ring (bicyclic) bond motifs is 3. The van der Waals surface area contributed by atoms with Crippen molar-refractivity contribution in [3.63, 3.8) is 0 Å². The number of rotatable bonds is 3. The summed E-state index contributed by atoms with van der Waals surface area (Å²) in [5, 5.41) is 0. The first-order chi connectivity index (χ1) is 12.4. The highest BCUT2D eigenvalue weighted by molar-refractivity contribution is 9.12. The van der Waals surface area contributed by atoms with Crippen LogP contribution in [-0.2, 0) is 14.3 Å². The highest BCUT2D eigenvalue weighted by atomic mass is 79.9. The maximum Gasteiger partial charge on any atom is 0.342 e. The van der Waals surface area contributed by atoms with Crippen molar-refractivity contribution < 1.29 is 33.3 Å². The van der Waals surface area contributed by atoms with E-state index in [-0.39, 0.29) is 24.0 Å². The van der Waals surface area contributed by atoms with Crippen LogP contribution in [0.2, 0.25) is 0 Å². The van der Waals surface area contributed by atoms with E-state index in [9.17, 15) is 9.59 Å². The van der Waals surface area contributed by atoms with E-state index in [1.54, 1.807) is 12.1 Å². The minimum Gasteiger partial charge on any atom is -0.492 e. The second-order valence-corrected chi connectivity index (χ2v) is 8.31. The first kappa shape index (κ1) is 17.7. The van der Waals surface area contributed by atoms with Crippen molar-refractivity contribution in [3.05, 3.63) is 27.8 Å². The third kappa shape index (κ3) is 2.36. The van der Waals surface area contributed by atoms with Crippen molar-refractivity contribution in [1.29, 1.82) is 0 Å². The Morgan fingerprint density at radius 2 is 2.12 bits per heavy atom. The Labute approximate surface area is 165 Å². The third-order valence-electron chi connectivity index (χ3n) is 4.79. The van der Waals surface area contributed by atoms with Crippen molar-refractivity contribution in [2.75, 3.05) is 21.0 Å². The first-order valence-corrected chi connectivity index (χ1v) is 9.36. The quantitative estimate of drug-likeness (QED) is 0.476. The molecule has 0 aromatic heterocycles. The average molecular weight is 490 g/mol. The summed E-state index contributed by atoms with van der Waals surface area (Å²) < 4.78 is 26.4. The van der Waals surface area contributed by atoms with Gasteiger partial charge in [-0.2, -0.15) is 0 Å². The van der Waals surface area contributed by atoms with Crippen LogP contribution < -0.4 is 14.2 Å². The van der Waals surface area contributed by atoms with Gasteiger partial charge in [-0.1, -0.05) is 31.9 Å². The molecule has 1 aliphatic carbocycles. The molecular formula is C17H14Br2O7. The molecule has 4 aliphatic rings. The van der Waals surface area contributed by atoms with E-state index in [1.807, 2.05) is 0 Å². The lowest BCUT2D eigenvalue weighted by Gasteiger charge is -2.44. The lowest BCUT2D eigenvalue weighted by atomic mass is 9.74. The van der Waals surface area contributed by atoms with Crippen LogP contribution >= 0.6 is 31.9 Å². The van der Waals surface area contributed by atoms with E-state index < -0.39 is 22.4 Å². The number of esters is 2. The smallest absolute Gasteiger partial charge is 0.342 e. The number of ether oxygens (including phenoxy) is 5. The van der Waals surface area contributed by atoms with Crippen LogP contribution in [0.4, 0.5) is 0 Å². The molecule has 0 amide bonds. The van der Waals surface area contributed by atoms with Gasteiger partial charge in [-0.05, 0) is 24.1 Å². The second-order valence-electron chi connectivity index (χ2n) is 6.08. The Bertz CT molecular complexity index is 850. The average Bonchev–Trinajstić information content (AvgIpc) is 3.09. The molecule has 26 heavy (non-hydrogen) atoms. The van der Waals surface area contributed by atoms with Gasteiger partial charge in [0.15, 0.2) is 11.5 Å². The van der Waals surface area contributed by atoms with E-state index in [1.165, 1.54) is 14.2 Å². The molecule has 1 aromatic carbocycles. The highest BCUT2D eigenvalue weighted by Gasteiger charge is 2.55. The summed E-state index contributed by atoms with van der Waals surface area (Å²) in [6.45, 7) is 0.0238. The number of carbonyl (C=O) groups excluding carboxylic acids is 2. The number of halogens is 2. The maximum atomic E-state index is 12.6. The molecule has 0 N–H and O–H groups in total. The van der Waals surface area contributed by atoms with Crippen LogP contribution in [0, 0.1) is 0 Å². The van der Waals surface area contributed by atoms with Gasteiger partial charge < -0.3 is 23.7 Å². The SMILES string of the molecule is COC(=O)c1c([C@H]2C[C@H]3OC(=O)[C@]2(Br)C=C3Br)cc2c(c1OC)OCO2. The zero-order chi connectivity index (χ0) is 18.6. The van der Waals surface area contributed by atoms with E-state index in [0.29, 0.717) is 23.5 Å². The van der Waals surface area contributed by atoms with E-state index in [4.69, 9.17) is 23.7 Å². The van der Waals surface area contributed by atoms with Crippen LogP contribution in [-0.4, -0.2) is 43.4 Å². The normalized spacial score (nSPS) is 28.5. The molecule has 3 heterocycles. The fraction of sp³-hybridized carbons (Fsp3) is 0.412. The molecule has 3 atom stereocenters. The van der Waals surface area contributed by atoms with E-state index >= 15 is 0 Å². The third-order valence-corrected chi connectivity index (χ3v) is 6.64. The molecule has 9 heteroatoms. The molecule has 7 nitrogen and oxygen atoms in total. The summed E-state index contributed by atoms with van der Waals surface area (Å²) in [6.07, 6.45) is 1.85. The van der Waals surface area contributed by atoms with Gasteiger partial charge in [0.1, 0.15) is 16.0 Å². The lowest BCUT2D eigenvalue weighted by molar-refractivity contribution is -0.155. The number of hydrogen-bond acceptors (Lipinski definition) is 7. The Morgan fingerprint density at radius 3 is 2.81 bits per heavy atom. The number of carbonyl (C=O) groups is 2. The molecule has 1 aromatic rings. The van der Waals surface area contributed by atoms with Crippen LogP contribution in [0.1, 0.15) is 28.3 Å². The van der Waals surface area contributed by atoms with Crippen molar-refractivity contribution in [2.45, 2.75) is 22.8 Å². The monoisotopic (exact) mass is 488 g/mol. The molecule has 1 saturated heterocycles. The highest BCUT2D eigenvalue weighted by Crippen LogP contribution is 2.56. The van der Waals surface area contributed by atoms with Crippen molar-refractivity contribution in [3.8, 4) is 17.2 Å². The molecular weight excluding hydrogens is 476 g/mol. The summed E-state index contributed by atoms with van der Waals surface area (Å²) in [5.74, 6) is -0.333. The number of alkyl halides is 1. The zero-order valence-corrected chi connectivity index (χ0v) is 17.0. The molecule has 2 bridgehead atoms. The fourth-order valence-corrected chi connectivity index (χ4v) is 5.31. The van der Waals surface area contributed by atoms with Crippen molar-refractivity contribution in [2.24, 2.45) is 0 Å². The van der Waals surface area contributed by atoms with Crippen LogP contribution in [0.3, 0.4) is 0 Å². The number of benzene rings is 1. The fourth-order valence-electron chi connectivity index (χ4n) is 3.58. The van der Waals surface area contributed by atoms with Gasteiger partial charge in [0, 0.05) is 10.4 Å².